The highest BCUT2D eigenvalue weighted by Gasteiger charge is 2.29. The lowest BCUT2D eigenvalue weighted by atomic mass is 9.94. The molecule has 0 unspecified atom stereocenters. The van der Waals surface area contributed by atoms with Gasteiger partial charge >= 0.3 is 0 Å². The van der Waals surface area contributed by atoms with Crippen molar-refractivity contribution >= 4 is 22.8 Å². The molecule has 0 saturated carbocycles. The maximum absolute atomic E-state index is 13.3. The molecule has 2 heterocycles. The van der Waals surface area contributed by atoms with Crippen LogP contribution in [0.3, 0.4) is 0 Å². The number of hydrogen-bond donors (Lipinski definition) is 0. The summed E-state index contributed by atoms with van der Waals surface area (Å²) in [6.45, 7) is 3.20. The molecule has 5 nitrogen and oxygen atoms in total. The van der Waals surface area contributed by atoms with Crippen molar-refractivity contribution < 1.29 is 14.0 Å². The van der Waals surface area contributed by atoms with E-state index in [1.54, 1.807) is 18.2 Å². The Morgan fingerprint density at radius 2 is 1.53 bits per heavy atom. The zero-order valence-corrected chi connectivity index (χ0v) is 18.0. The van der Waals surface area contributed by atoms with E-state index in [0.717, 1.165) is 35.4 Å². The SMILES string of the molecule is Cc1ccc(C(=O)c2ccccc2C(=O)N2CCC(c3nc4ccccc4o3)CC2)cc1. The van der Waals surface area contributed by atoms with Gasteiger partial charge in [0.1, 0.15) is 5.52 Å². The molecule has 0 N–H and O–H groups in total. The summed E-state index contributed by atoms with van der Waals surface area (Å²) in [6.07, 6.45) is 1.57. The summed E-state index contributed by atoms with van der Waals surface area (Å²) in [4.78, 5) is 32.9. The molecule has 0 spiro atoms. The van der Waals surface area contributed by atoms with Crippen molar-refractivity contribution in [3.63, 3.8) is 0 Å². The fraction of sp³-hybridized carbons (Fsp3) is 0.222. The van der Waals surface area contributed by atoms with Crippen molar-refractivity contribution in [2.24, 2.45) is 0 Å². The van der Waals surface area contributed by atoms with Crippen molar-refractivity contribution in [2.75, 3.05) is 13.1 Å². The molecule has 0 aliphatic carbocycles. The zero-order chi connectivity index (χ0) is 22.1. The lowest BCUT2D eigenvalue weighted by molar-refractivity contribution is 0.0703. The highest BCUT2D eigenvalue weighted by atomic mass is 16.3. The predicted octanol–water partition coefficient (Wildman–Crippen LogP) is 5.39. The second-order valence-electron chi connectivity index (χ2n) is 8.33. The number of ketones is 1. The monoisotopic (exact) mass is 424 g/mol. The highest BCUT2D eigenvalue weighted by Crippen LogP contribution is 2.31. The van der Waals surface area contributed by atoms with Gasteiger partial charge in [-0.15, -0.1) is 0 Å². The Morgan fingerprint density at radius 3 is 2.25 bits per heavy atom. The zero-order valence-electron chi connectivity index (χ0n) is 18.0. The average Bonchev–Trinajstić information content (AvgIpc) is 3.28. The summed E-state index contributed by atoms with van der Waals surface area (Å²) >= 11 is 0. The first-order valence-corrected chi connectivity index (χ1v) is 11.0. The van der Waals surface area contributed by atoms with Gasteiger partial charge in [-0.1, -0.05) is 60.2 Å². The number of benzene rings is 3. The third kappa shape index (κ3) is 3.82. The van der Waals surface area contributed by atoms with Crippen LogP contribution < -0.4 is 0 Å². The van der Waals surface area contributed by atoms with Crippen molar-refractivity contribution in [1.82, 2.24) is 9.88 Å². The van der Waals surface area contributed by atoms with Crippen molar-refractivity contribution in [2.45, 2.75) is 25.7 Å². The first-order chi connectivity index (χ1) is 15.6. The van der Waals surface area contributed by atoms with Crippen molar-refractivity contribution in [1.29, 1.82) is 0 Å². The molecule has 0 atom stereocenters. The number of piperidine rings is 1. The van der Waals surface area contributed by atoms with Crippen LogP contribution in [0.25, 0.3) is 11.1 Å². The number of oxazole rings is 1. The molecule has 1 aliphatic heterocycles. The molecule has 32 heavy (non-hydrogen) atoms. The van der Waals surface area contributed by atoms with Crippen molar-refractivity contribution in [3.8, 4) is 0 Å². The second-order valence-corrected chi connectivity index (χ2v) is 8.33. The van der Waals surface area contributed by atoms with Gasteiger partial charge in [0.15, 0.2) is 17.3 Å². The van der Waals surface area contributed by atoms with Gasteiger partial charge in [-0.05, 0) is 38.0 Å². The number of hydrogen-bond acceptors (Lipinski definition) is 4. The quantitative estimate of drug-likeness (QED) is 0.412. The van der Waals surface area contributed by atoms with E-state index in [1.165, 1.54) is 0 Å². The highest BCUT2D eigenvalue weighted by molar-refractivity contribution is 6.15. The minimum absolute atomic E-state index is 0.0999. The summed E-state index contributed by atoms with van der Waals surface area (Å²) in [7, 11) is 0. The van der Waals surface area contributed by atoms with E-state index in [-0.39, 0.29) is 17.6 Å². The number of amides is 1. The fourth-order valence-electron chi connectivity index (χ4n) is 4.29. The van der Waals surface area contributed by atoms with Gasteiger partial charge in [0.05, 0.1) is 5.56 Å². The second kappa shape index (κ2) is 8.42. The first-order valence-electron chi connectivity index (χ1n) is 11.0. The number of carbonyl (C=O) groups excluding carboxylic acids is 2. The lowest BCUT2D eigenvalue weighted by Gasteiger charge is -2.31. The van der Waals surface area contributed by atoms with Crippen LogP contribution in [-0.4, -0.2) is 34.7 Å². The summed E-state index contributed by atoms with van der Waals surface area (Å²) in [5, 5.41) is 0. The molecule has 1 aliphatic rings. The number of carbonyl (C=O) groups is 2. The third-order valence-corrected chi connectivity index (χ3v) is 6.16. The summed E-state index contributed by atoms with van der Waals surface area (Å²) in [5.74, 6) is 0.705. The summed E-state index contributed by atoms with van der Waals surface area (Å²) < 4.78 is 5.94. The number of para-hydroxylation sites is 2. The molecule has 1 saturated heterocycles. The van der Waals surface area contributed by atoms with Crippen LogP contribution in [0, 0.1) is 6.92 Å². The average molecular weight is 425 g/mol. The molecule has 1 aromatic heterocycles. The topological polar surface area (TPSA) is 63.4 Å². The standard InChI is InChI=1S/C27H24N2O3/c1-18-10-12-19(13-11-18)25(30)21-6-2-3-7-22(21)27(31)29-16-14-20(15-17-29)26-28-23-8-4-5-9-24(23)32-26/h2-13,20H,14-17H2,1H3. The number of fused-ring (bicyclic) bond motifs is 1. The van der Waals surface area contributed by atoms with Crippen molar-refractivity contribution in [3.05, 3.63) is 101 Å². The van der Waals surface area contributed by atoms with Gasteiger partial charge in [-0.25, -0.2) is 4.98 Å². The van der Waals surface area contributed by atoms with Crippen LogP contribution in [0.15, 0.2) is 77.2 Å². The number of rotatable bonds is 4. The fourth-order valence-corrected chi connectivity index (χ4v) is 4.29. The smallest absolute Gasteiger partial charge is 0.254 e. The maximum Gasteiger partial charge on any atom is 0.254 e. The Hall–Kier alpha value is -3.73. The number of aromatic nitrogens is 1. The molecular formula is C27H24N2O3. The Bertz CT molecular complexity index is 1250. The molecular weight excluding hydrogens is 400 g/mol. The molecule has 5 heteroatoms. The Kier molecular flexibility index (Phi) is 5.31. The minimum atomic E-state index is -0.129. The van der Waals surface area contributed by atoms with Gasteiger partial charge in [0.2, 0.25) is 0 Å². The van der Waals surface area contributed by atoms with E-state index in [9.17, 15) is 9.59 Å². The molecule has 0 radical (unpaired) electrons. The van der Waals surface area contributed by atoms with E-state index in [2.05, 4.69) is 4.98 Å². The number of nitrogens with zero attached hydrogens (tertiary/aromatic N) is 2. The van der Waals surface area contributed by atoms with E-state index < -0.39 is 0 Å². The van der Waals surface area contributed by atoms with Crippen LogP contribution >= 0.6 is 0 Å². The van der Waals surface area contributed by atoms with Gasteiger partial charge in [0, 0.05) is 30.1 Å². The van der Waals surface area contributed by atoms with Crippen LogP contribution in [-0.2, 0) is 0 Å². The van der Waals surface area contributed by atoms with E-state index >= 15 is 0 Å². The molecule has 0 bridgehead atoms. The number of likely N-dealkylation sites (tertiary alicyclic amines) is 1. The van der Waals surface area contributed by atoms with Gasteiger partial charge < -0.3 is 9.32 Å². The van der Waals surface area contributed by atoms with Gasteiger partial charge in [-0.3, -0.25) is 9.59 Å². The molecule has 1 fully saturated rings. The normalized spacial score (nSPS) is 14.6. The van der Waals surface area contributed by atoms with Crippen LogP contribution in [0.5, 0.6) is 0 Å². The largest absolute Gasteiger partial charge is 0.440 e. The predicted molar refractivity (Wildman–Crippen MR) is 123 cm³/mol. The summed E-state index contributed by atoms with van der Waals surface area (Å²) in [5.41, 5.74) is 4.24. The molecule has 1 amide bonds. The number of aryl methyl sites for hydroxylation is 1. The van der Waals surface area contributed by atoms with Gasteiger partial charge in [0.25, 0.3) is 5.91 Å². The van der Waals surface area contributed by atoms with E-state index in [4.69, 9.17) is 4.42 Å². The molecule has 3 aromatic carbocycles. The van der Waals surface area contributed by atoms with Gasteiger partial charge in [-0.2, -0.15) is 0 Å². The third-order valence-electron chi connectivity index (χ3n) is 6.16. The van der Waals surface area contributed by atoms with E-state index in [0.29, 0.717) is 29.8 Å². The van der Waals surface area contributed by atoms with Crippen LogP contribution in [0.4, 0.5) is 0 Å². The summed E-state index contributed by atoms with van der Waals surface area (Å²) in [6, 6.07) is 22.3. The molecule has 160 valence electrons. The van der Waals surface area contributed by atoms with Crippen LogP contribution in [0.2, 0.25) is 0 Å². The Morgan fingerprint density at radius 1 is 0.875 bits per heavy atom. The first kappa shape index (κ1) is 20.2. The Balaban J connectivity index is 1.32. The minimum Gasteiger partial charge on any atom is -0.440 e. The molecule has 5 rings (SSSR count). The maximum atomic E-state index is 13.3. The van der Waals surface area contributed by atoms with E-state index in [1.807, 2.05) is 66.4 Å². The lowest BCUT2D eigenvalue weighted by Crippen LogP contribution is -2.38. The molecule has 4 aromatic rings. The van der Waals surface area contributed by atoms with Crippen LogP contribution in [0.1, 0.15) is 56.5 Å². The Labute approximate surface area is 186 Å².